The zero-order valence-electron chi connectivity index (χ0n) is 19.9. The van der Waals surface area contributed by atoms with Crippen molar-refractivity contribution in [3.05, 3.63) is 117 Å². The number of rotatable bonds is 6. The van der Waals surface area contributed by atoms with Crippen LogP contribution in [0, 0.1) is 0 Å². The molecule has 5 nitrogen and oxygen atoms in total. The third-order valence-electron chi connectivity index (χ3n) is 6.36. The molecule has 0 amide bonds. The van der Waals surface area contributed by atoms with Crippen LogP contribution in [0.5, 0.6) is 23.0 Å². The average molecular weight is 535 g/mol. The molecule has 0 saturated carbocycles. The Balaban J connectivity index is 1.44. The molecule has 0 fully saturated rings. The van der Waals surface area contributed by atoms with Gasteiger partial charge in [-0.05, 0) is 70.8 Å². The third-order valence-corrected chi connectivity index (χ3v) is 6.86. The van der Waals surface area contributed by atoms with E-state index in [1.165, 1.54) is 0 Å². The quantitative estimate of drug-likeness (QED) is 0.257. The molecule has 188 valence electrons. The van der Waals surface area contributed by atoms with Crippen LogP contribution in [-0.2, 0) is 4.74 Å². The molecular formula is C30H24Cl2O5. The molecule has 2 aliphatic rings. The Morgan fingerprint density at radius 3 is 1.22 bits per heavy atom. The van der Waals surface area contributed by atoms with Crippen molar-refractivity contribution < 1.29 is 23.7 Å². The lowest BCUT2D eigenvalue weighted by atomic mass is 9.97. The van der Waals surface area contributed by atoms with Gasteiger partial charge in [-0.25, -0.2) is 0 Å². The van der Waals surface area contributed by atoms with Gasteiger partial charge in [0.1, 0.15) is 38.6 Å². The summed E-state index contributed by atoms with van der Waals surface area (Å²) in [5.41, 5.74) is 3.78. The molecule has 0 spiro atoms. The average Bonchev–Trinajstić information content (AvgIpc) is 2.94. The molecule has 37 heavy (non-hydrogen) atoms. The van der Waals surface area contributed by atoms with Crippen LogP contribution in [-0.4, -0.2) is 26.4 Å². The summed E-state index contributed by atoms with van der Waals surface area (Å²) in [6.07, 6.45) is -0.857. The van der Waals surface area contributed by atoms with Crippen molar-refractivity contribution in [2.24, 2.45) is 0 Å². The summed E-state index contributed by atoms with van der Waals surface area (Å²) in [5, 5.41) is 1.32. The van der Waals surface area contributed by atoms with E-state index in [9.17, 15) is 0 Å². The van der Waals surface area contributed by atoms with Crippen LogP contribution in [0.15, 0.2) is 84.9 Å². The van der Waals surface area contributed by atoms with Gasteiger partial charge in [0, 0.05) is 10.0 Å². The summed E-state index contributed by atoms with van der Waals surface area (Å²) in [4.78, 5) is 0. The highest BCUT2D eigenvalue weighted by atomic mass is 35.5. The van der Waals surface area contributed by atoms with Gasteiger partial charge >= 0.3 is 0 Å². The fourth-order valence-electron chi connectivity index (χ4n) is 4.56. The largest absolute Gasteiger partial charge is 0.486 e. The van der Waals surface area contributed by atoms with Crippen LogP contribution in [0.1, 0.15) is 34.5 Å². The first-order valence-electron chi connectivity index (χ1n) is 12.1. The van der Waals surface area contributed by atoms with Gasteiger partial charge in [0.15, 0.2) is 23.0 Å². The highest BCUT2D eigenvalue weighted by Gasteiger charge is 2.26. The lowest BCUT2D eigenvalue weighted by molar-refractivity contribution is 0.0302. The van der Waals surface area contributed by atoms with Crippen molar-refractivity contribution >= 4 is 23.2 Å². The molecule has 0 radical (unpaired) electrons. The first-order chi connectivity index (χ1) is 18.1. The molecule has 2 aliphatic heterocycles. The highest BCUT2D eigenvalue weighted by Crippen LogP contribution is 2.42. The smallest absolute Gasteiger partial charge is 0.161 e. The van der Waals surface area contributed by atoms with E-state index in [4.69, 9.17) is 46.9 Å². The molecule has 0 bridgehead atoms. The van der Waals surface area contributed by atoms with Crippen molar-refractivity contribution in [3.63, 3.8) is 0 Å². The van der Waals surface area contributed by atoms with E-state index in [-0.39, 0.29) is 0 Å². The Morgan fingerprint density at radius 2 is 0.811 bits per heavy atom. The molecule has 0 saturated heterocycles. The van der Waals surface area contributed by atoms with Gasteiger partial charge in [0.05, 0.1) is 0 Å². The minimum absolute atomic E-state index is 0.429. The van der Waals surface area contributed by atoms with Gasteiger partial charge in [-0.1, -0.05) is 59.6 Å². The normalized spacial score (nSPS) is 15.6. The van der Waals surface area contributed by atoms with Crippen LogP contribution >= 0.6 is 23.2 Å². The Hall–Kier alpha value is -3.38. The lowest BCUT2D eigenvalue weighted by Gasteiger charge is -2.29. The van der Waals surface area contributed by atoms with E-state index >= 15 is 0 Å². The summed E-state index contributed by atoms with van der Waals surface area (Å²) in [6, 6.07) is 27.2. The second-order valence-corrected chi connectivity index (χ2v) is 9.68. The van der Waals surface area contributed by atoms with Gasteiger partial charge in [-0.2, -0.15) is 0 Å². The maximum absolute atomic E-state index is 6.98. The van der Waals surface area contributed by atoms with Gasteiger partial charge < -0.3 is 23.7 Å². The second-order valence-electron chi connectivity index (χ2n) is 8.81. The van der Waals surface area contributed by atoms with Crippen LogP contribution in [0.4, 0.5) is 0 Å². The lowest BCUT2D eigenvalue weighted by Crippen LogP contribution is -2.18. The molecule has 4 aromatic carbocycles. The topological polar surface area (TPSA) is 46.2 Å². The van der Waals surface area contributed by atoms with E-state index in [0.717, 1.165) is 33.8 Å². The number of fused-ring (bicyclic) bond motifs is 2. The molecule has 0 N–H and O–H groups in total. The molecule has 0 aromatic heterocycles. The molecule has 7 heteroatoms. The highest BCUT2D eigenvalue weighted by molar-refractivity contribution is 6.30. The van der Waals surface area contributed by atoms with Crippen molar-refractivity contribution in [1.29, 1.82) is 0 Å². The summed E-state index contributed by atoms with van der Waals surface area (Å²) < 4.78 is 30.2. The first kappa shape index (κ1) is 24.0. The van der Waals surface area contributed by atoms with Gasteiger partial charge in [-0.3, -0.25) is 0 Å². The fraction of sp³-hybridized carbons (Fsp3) is 0.200. The van der Waals surface area contributed by atoms with E-state index in [1.54, 1.807) is 0 Å². The van der Waals surface area contributed by atoms with Crippen molar-refractivity contribution in [2.75, 3.05) is 26.4 Å². The first-order valence-corrected chi connectivity index (χ1v) is 12.8. The summed E-state index contributed by atoms with van der Waals surface area (Å²) in [7, 11) is 0. The van der Waals surface area contributed by atoms with E-state index in [0.29, 0.717) is 48.0 Å². The number of ether oxygens (including phenoxy) is 5. The summed E-state index contributed by atoms with van der Waals surface area (Å²) >= 11 is 12.4. The number of hydrogen-bond acceptors (Lipinski definition) is 5. The maximum Gasteiger partial charge on any atom is 0.161 e. The number of hydrogen-bond donors (Lipinski definition) is 0. The van der Waals surface area contributed by atoms with E-state index < -0.39 is 12.2 Å². The van der Waals surface area contributed by atoms with Crippen molar-refractivity contribution in [2.45, 2.75) is 12.2 Å². The Labute approximate surface area is 225 Å². The van der Waals surface area contributed by atoms with Crippen LogP contribution in [0.2, 0.25) is 10.0 Å². The third kappa shape index (κ3) is 5.21. The van der Waals surface area contributed by atoms with Gasteiger partial charge in [0.25, 0.3) is 0 Å². The van der Waals surface area contributed by atoms with Gasteiger partial charge in [0.2, 0.25) is 0 Å². The Bertz CT molecular complexity index is 1280. The molecule has 2 atom stereocenters. The molecule has 0 aliphatic carbocycles. The molecule has 0 unspecified atom stereocenters. The SMILES string of the molecule is Clc1ccc([C@H](O[C@@H](c2ccc(Cl)cc2)c2ccc3c(c2)OCCO3)c2ccc3c(c2)OCCO3)cc1. The monoisotopic (exact) mass is 534 g/mol. The molecule has 6 rings (SSSR count). The van der Waals surface area contributed by atoms with Crippen molar-refractivity contribution in [3.8, 4) is 23.0 Å². The zero-order chi connectivity index (χ0) is 25.2. The van der Waals surface area contributed by atoms with E-state index in [2.05, 4.69) is 0 Å². The Kier molecular flexibility index (Phi) is 6.83. The predicted molar refractivity (Wildman–Crippen MR) is 143 cm³/mol. The molecule has 2 heterocycles. The zero-order valence-corrected chi connectivity index (χ0v) is 21.4. The Morgan fingerprint density at radius 1 is 0.459 bits per heavy atom. The summed E-state index contributed by atoms with van der Waals surface area (Å²) in [6.45, 7) is 2.08. The van der Waals surface area contributed by atoms with Crippen LogP contribution in [0.25, 0.3) is 0 Å². The number of halogens is 2. The van der Waals surface area contributed by atoms with E-state index in [1.807, 2.05) is 84.9 Å². The standard InChI is InChI=1S/C30H24Cl2O5/c31-23-7-1-19(2-8-23)29(21-5-11-25-27(17-21)35-15-13-33-25)37-30(20-3-9-24(32)10-4-20)22-6-12-26-28(18-22)36-16-14-34-26/h1-12,17-18,29-30H,13-16H2/t29-,30-/m0/s1. The van der Waals surface area contributed by atoms with Crippen LogP contribution < -0.4 is 18.9 Å². The fourth-order valence-corrected chi connectivity index (χ4v) is 4.81. The minimum atomic E-state index is -0.429. The van der Waals surface area contributed by atoms with Gasteiger partial charge in [-0.15, -0.1) is 0 Å². The summed E-state index contributed by atoms with van der Waals surface area (Å²) in [5.74, 6) is 2.86. The molecule has 4 aromatic rings. The second kappa shape index (κ2) is 10.5. The minimum Gasteiger partial charge on any atom is -0.486 e. The van der Waals surface area contributed by atoms with Crippen molar-refractivity contribution in [1.82, 2.24) is 0 Å². The maximum atomic E-state index is 6.98. The molecular weight excluding hydrogens is 511 g/mol. The number of benzene rings is 4. The van der Waals surface area contributed by atoms with Crippen LogP contribution in [0.3, 0.4) is 0 Å². The predicted octanol–water partition coefficient (Wildman–Crippen LogP) is 7.43.